The fourth-order valence-electron chi connectivity index (χ4n) is 1.17. The summed E-state index contributed by atoms with van der Waals surface area (Å²) >= 11 is 3.41. The van der Waals surface area contributed by atoms with Crippen LogP contribution in [-0.2, 0) is 13.5 Å². The first-order valence-electron chi connectivity index (χ1n) is 3.79. The van der Waals surface area contributed by atoms with Crippen LogP contribution < -0.4 is 0 Å². The predicted molar refractivity (Wildman–Crippen MR) is 50.1 cm³/mol. The summed E-state index contributed by atoms with van der Waals surface area (Å²) in [7, 11) is 2.00. The summed E-state index contributed by atoms with van der Waals surface area (Å²) in [4.78, 5) is 0. The molecule has 0 aliphatic carbocycles. The third-order valence-corrected chi connectivity index (χ3v) is 2.38. The number of rotatable bonds is 3. The first-order valence-corrected chi connectivity index (χ1v) is 4.91. The van der Waals surface area contributed by atoms with Crippen molar-refractivity contribution < 1.29 is 0 Å². The number of nitrogens with zero attached hydrogens (tertiary/aromatic N) is 2. The van der Waals surface area contributed by atoms with Crippen molar-refractivity contribution >= 4 is 15.9 Å². The Hall–Kier alpha value is -0.310. The van der Waals surface area contributed by atoms with Gasteiger partial charge in [0, 0.05) is 18.1 Å². The molecular formula is C8H13BrN2. The van der Waals surface area contributed by atoms with Crippen LogP contribution >= 0.6 is 15.9 Å². The van der Waals surface area contributed by atoms with Crippen molar-refractivity contribution in [2.75, 3.05) is 5.33 Å². The van der Waals surface area contributed by atoms with Gasteiger partial charge in [0.15, 0.2) is 0 Å². The molecule has 0 radical (unpaired) electrons. The molecule has 1 aromatic rings. The Morgan fingerprint density at radius 3 is 2.82 bits per heavy atom. The summed E-state index contributed by atoms with van der Waals surface area (Å²) in [5, 5.41) is 5.24. The van der Waals surface area contributed by atoms with E-state index in [0.29, 0.717) is 0 Å². The lowest BCUT2D eigenvalue weighted by atomic mass is 10.2. The lowest BCUT2D eigenvalue weighted by molar-refractivity contribution is 0.698. The van der Waals surface area contributed by atoms with Gasteiger partial charge >= 0.3 is 0 Å². The van der Waals surface area contributed by atoms with E-state index in [1.54, 1.807) is 0 Å². The number of aryl methyl sites for hydroxylation is 2. The van der Waals surface area contributed by atoms with E-state index >= 15 is 0 Å². The van der Waals surface area contributed by atoms with E-state index in [4.69, 9.17) is 0 Å². The topological polar surface area (TPSA) is 17.8 Å². The van der Waals surface area contributed by atoms with E-state index in [-0.39, 0.29) is 0 Å². The minimum absolute atomic E-state index is 1.07. The van der Waals surface area contributed by atoms with E-state index in [2.05, 4.69) is 28.0 Å². The fraction of sp³-hybridized carbons (Fsp3) is 0.625. The Morgan fingerprint density at radius 1 is 1.64 bits per heavy atom. The van der Waals surface area contributed by atoms with Gasteiger partial charge in [0.25, 0.3) is 0 Å². The Balaban J connectivity index is 2.67. The van der Waals surface area contributed by atoms with Crippen LogP contribution in [0.25, 0.3) is 0 Å². The van der Waals surface area contributed by atoms with E-state index in [1.165, 1.54) is 17.7 Å². The van der Waals surface area contributed by atoms with Gasteiger partial charge < -0.3 is 0 Å². The number of hydrogen-bond acceptors (Lipinski definition) is 1. The summed E-state index contributed by atoms with van der Waals surface area (Å²) in [5.41, 5.74) is 2.65. The molecule has 0 spiro atoms. The number of alkyl halides is 1. The van der Waals surface area contributed by atoms with E-state index in [9.17, 15) is 0 Å². The number of hydrogen-bond donors (Lipinski definition) is 0. The quantitative estimate of drug-likeness (QED) is 0.708. The maximum atomic E-state index is 4.17. The molecule has 0 N–H and O–H groups in total. The standard InChI is InChI=1S/C8H13BrN2/c1-7-6-10-11(2)8(7)4-3-5-9/h6H,3-5H2,1-2H3. The summed E-state index contributed by atoms with van der Waals surface area (Å²) in [6, 6.07) is 0. The molecule has 0 fully saturated rings. The first-order chi connectivity index (χ1) is 5.25. The molecule has 62 valence electrons. The molecule has 11 heavy (non-hydrogen) atoms. The molecule has 1 aromatic heterocycles. The zero-order chi connectivity index (χ0) is 8.27. The van der Waals surface area contributed by atoms with Crippen molar-refractivity contribution in [1.29, 1.82) is 0 Å². The molecule has 0 unspecified atom stereocenters. The highest BCUT2D eigenvalue weighted by molar-refractivity contribution is 9.09. The second-order valence-electron chi connectivity index (χ2n) is 2.69. The van der Waals surface area contributed by atoms with Gasteiger partial charge in [-0.05, 0) is 25.3 Å². The molecule has 0 aliphatic rings. The van der Waals surface area contributed by atoms with Crippen molar-refractivity contribution in [3.8, 4) is 0 Å². The van der Waals surface area contributed by atoms with Crippen molar-refractivity contribution in [1.82, 2.24) is 9.78 Å². The summed E-state index contributed by atoms with van der Waals surface area (Å²) < 4.78 is 1.96. The molecule has 0 bridgehead atoms. The Labute approximate surface area is 75.7 Å². The molecular weight excluding hydrogens is 204 g/mol. The van der Waals surface area contributed by atoms with Crippen LogP contribution in [0, 0.1) is 6.92 Å². The molecule has 2 nitrogen and oxygen atoms in total. The van der Waals surface area contributed by atoms with E-state index < -0.39 is 0 Å². The Bertz CT molecular complexity index is 210. The minimum Gasteiger partial charge on any atom is -0.272 e. The highest BCUT2D eigenvalue weighted by Crippen LogP contribution is 2.08. The molecule has 0 aromatic carbocycles. The van der Waals surface area contributed by atoms with E-state index in [1.807, 2.05) is 17.9 Å². The average Bonchev–Trinajstić information content (AvgIpc) is 2.29. The second-order valence-corrected chi connectivity index (χ2v) is 3.48. The molecule has 0 atom stereocenters. The van der Waals surface area contributed by atoms with Crippen LogP contribution in [-0.4, -0.2) is 15.1 Å². The van der Waals surface area contributed by atoms with Gasteiger partial charge in [0.05, 0.1) is 6.20 Å². The average molecular weight is 217 g/mol. The Kier molecular flexibility index (Phi) is 3.12. The van der Waals surface area contributed by atoms with Crippen LogP contribution in [0.5, 0.6) is 0 Å². The van der Waals surface area contributed by atoms with Crippen LogP contribution in [0.15, 0.2) is 6.20 Å². The normalized spacial score (nSPS) is 10.5. The van der Waals surface area contributed by atoms with Crippen molar-refractivity contribution in [3.05, 3.63) is 17.5 Å². The molecule has 1 rings (SSSR count). The van der Waals surface area contributed by atoms with Crippen LogP contribution in [0.2, 0.25) is 0 Å². The summed E-state index contributed by atoms with van der Waals surface area (Å²) in [5.74, 6) is 0. The van der Waals surface area contributed by atoms with Crippen molar-refractivity contribution in [2.45, 2.75) is 19.8 Å². The lowest BCUT2D eigenvalue weighted by Gasteiger charge is -2.00. The zero-order valence-corrected chi connectivity index (χ0v) is 8.56. The molecule has 0 saturated heterocycles. The molecule has 0 amide bonds. The van der Waals surface area contributed by atoms with Gasteiger partial charge in [-0.25, -0.2) is 0 Å². The van der Waals surface area contributed by atoms with Gasteiger partial charge in [-0.1, -0.05) is 15.9 Å². The highest BCUT2D eigenvalue weighted by Gasteiger charge is 2.02. The third kappa shape index (κ3) is 2.06. The van der Waals surface area contributed by atoms with Crippen LogP contribution in [0.4, 0.5) is 0 Å². The van der Waals surface area contributed by atoms with Crippen LogP contribution in [0.1, 0.15) is 17.7 Å². The minimum atomic E-state index is 1.07. The maximum Gasteiger partial charge on any atom is 0.0521 e. The van der Waals surface area contributed by atoms with Gasteiger partial charge in [-0.3, -0.25) is 4.68 Å². The lowest BCUT2D eigenvalue weighted by Crippen LogP contribution is -1.99. The molecule has 1 heterocycles. The molecule has 3 heteroatoms. The number of aromatic nitrogens is 2. The van der Waals surface area contributed by atoms with Crippen LogP contribution in [0.3, 0.4) is 0 Å². The Morgan fingerprint density at radius 2 is 2.36 bits per heavy atom. The van der Waals surface area contributed by atoms with Crippen molar-refractivity contribution in [3.63, 3.8) is 0 Å². The maximum absolute atomic E-state index is 4.17. The smallest absolute Gasteiger partial charge is 0.0521 e. The van der Waals surface area contributed by atoms with Gasteiger partial charge in [0.1, 0.15) is 0 Å². The fourth-order valence-corrected chi connectivity index (χ4v) is 1.45. The monoisotopic (exact) mass is 216 g/mol. The third-order valence-electron chi connectivity index (χ3n) is 1.82. The molecule has 0 saturated carbocycles. The predicted octanol–water partition coefficient (Wildman–Crippen LogP) is 2.06. The number of halogens is 1. The molecule has 0 aliphatic heterocycles. The second kappa shape index (κ2) is 3.90. The first kappa shape index (κ1) is 8.78. The SMILES string of the molecule is Cc1cnn(C)c1CCCBr. The summed E-state index contributed by atoms with van der Waals surface area (Å²) in [6.45, 7) is 2.11. The van der Waals surface area contributed by atoms with E-state index in [0.717, 1.165) is 11.8 Å². The highest BCUT2D eigenvalue weighted by atomic mass is 79.9. The van der Waals surface area contributed by atoms with Crippen molar-refractivity contribution in [2.24, 2.45) is 7.05 Å². The van der Waals surface area contributed by atoms with Gasteiger partial charge in [-0.2, -0.15) is 5.10 Å². The zero-order valence-electron chi connectivity index (χ0n) is 6.97. The van der Waals surface area contributed by atoms with Gasteiger partial charge in [0.2, 0.25) is 0 Å². The largest absolute Gasteiger partial charge is 0.272 e. The summed E-state index contributed by atoms with van der Waals surface area (Å²) in [6.07, 6.45) is 4.22. The van der Waals surface area contributed by atoms with Gasteiger partial charge in [-0.15, -0.1) is 0 Å².